The maximum atomic E-state index is 11.8. The maximum Gasteiger partial charge on any atom is 0.338 e. The number of halogens is 1. The number of nitrogens with one attached hydrogen (secondary N) is 1. The first-order chi connectivity index (χ1) is 10.1. The molecule has 0 spiro atoms. The van der Waals surface area contributed by atoms with Gasteiger partial charge in [-0.15, -0.1) is 12.3 Å². The van der Waals surface area contributed by atoms with Crippen LogP contribution in [0.4, 0.5) is 5.69 Å². The average molecular weight is 352 g/mol. The molecule has 0 fully saturated rings. The number of terminal acetylenes is 1. The van der Waals surface area contributed by atoms with E-state index in [1.54, 1.807) is 25.1 Å². The Kier molecular flexibility index (Phi) is 7.55. The first-order valence-corrected chi connectivity index (χ1v) is 7.57. The molecule has 1 rings (SSSR count). The summed E-state index contributed by atoms with van der Waals surface area (Å²) >= 11 is 3.34. The quantitative estimate of drug-likeness (QED) is 0.462. The summed E-state index contributed by atoms with van der Waals surface area (Å²) < 4.78 is 5.56. The van der Waals surface area contributed by atoms with Crippen molar-refractivity contribution in [3.05, 3.63) is 28.2 Å². The number of unbranched alkanes of at least 4 members (excludes halogenated alkanes) is 2. The van der Waals surface area contributed by atoms with Gasteiger partial charge in [-0.1, -0.05) is 0 Å². The van der Waals surface area contributed by atoms with E-state index < -0.39 is 0 Å². The summed E-state index contributed by atoms with van der Waals surface area (Å²) in [6, 6.07) is 4.93. The van der Waals surface area contributed by atoms with E-state index in [0.29, 0.717) is 35.2 Å². The molecule has 0 bridgehead atoms. The van der Waals surface area contributed by atoms with Crippen LogP contribution in [0.25, 0.3) is 0 Å². The minimum absolute atomic E-state index is 0.0726. The summed E-state index contributed by atoms with van der Waals surface area (Å²) in [5, 5.41) is 2.80. The lowest BCUT2D eigenvalue weighted by Crippen LogP contribution is -2.12. The van der Waals surface area contributed by atoms with Gasteiger partial charge in [-0.05, 0) is 53.9 Å². The number of ether oxygens (including phenoxy) is 1. The average Bonchev–Trinajstić information content (AvgIpc) is 2.46. The van der Waals surface area contributed by atoms with Gasteiger partial charge in [0.05, 0.1) is 17.9 Å². The Hall–Kier alpha value is -1.80. The van der Waals surface area contributed by atoms with Gasteiger partial charge in [0.25, 0.3) is 0 Å². The van der Waals surface area contributed by atoms with Crippen molar-refractivity contribution in [3.63, 3.8) is 0 Å². The fourth-order valence-corrected chi connectivity index (χ4v) is 2.16. The number of amides is 1. The molecule has 0 heterocycles. The minimum Gasteiger partial charge on any atom is -0.462 e. The molecule has 0 saturated carbocycles. The molecule has 1 aromatic carbocycles. The lowest BCUT2D eigenvalue weighted by atomic mass is 10.1. The molecule has 5 heteroatoms. The molecule has 112 valence electrons. The van der Waals surface area contributed by atoms with Gasteiger partial charge in [0.15, 0.2) is 0 Å². The number of benzene rings is 1. The van der Waals surface area contributed by atoms with Crippen molar-refractivity contribution in [3.8, 4) is 12.3 Å². The third-order valence-electron chi connectivity index (χ3n) is 2.73. The standard InChI is InChI=1S/C16H18BrNO3/c1-3-5-6-7-8-15(19)18-14-10-9-12(11-13(14)17)16(20)21-4-2/h1,9-11H,4-8H2,2H3,(H,18,19). The van der Waals surface area contributed by atoms with E-state index in [9.17, 15) is 9.59 Å². The number of carbonyl (C=O) groups excluding carboxylic acids is 2. The third-order valence-corrected chi connectivity index (χ3v) is 3.39. The summed E-state index contributed by atoms with van der Waals surface area (Å²) in [6.45, 7) is 2.08. The Labute approximate surface area is 133 Å². The molecule has 21 heavy (non-hydrogen) atoms. The molecule has 4 nitrogen and oxygen atoms in total. The van der Waals surface area contributed by atoms with E-state index in [2.05, 4.69) is 27.2 Å². The van der Waals surface area contributed by atoms with E-state index >= 15 is 0 Å². The zero-order valence-electron chi connectivity index (χ0n) is 11.9. The van der Waals surface area contributed by atoms with Crippen molar-refractivity contribution in [2.45, 2.75) is 32.6 Å². The molecular weight excluding hydrogens is 334 g/mol. The van der Waals surface area contributed by atoms with E-state index in [1.807, 2.05) is 0 Å². The predicted octanol–water partition coefficient (Wildman–Crippen LogP) is 3.76. The Balaban J connectivity index is 2.58. The highest BCUT2D eigenvalue weighted by Crippen LogP contribution is 2.24. The van der Waals surface area contributed by atoms with Crippen LogP contribution in [-0.4, -0.2) is 18.5 Å². The minimum atomic E-state index is -0.384. The SMILES string of the molecule is C#CCCCCC(=O)Nc1ccc(C(=O)OCC)cc1Br. The zero-order chi connectivity index (χ0) is 15.7. The third kappa shape index (κ3) is 6.01. The number of rotatable bonds is 7. The van der Waals surface area contributed by atoms with Crippen molar-refractivity contribution in [2.24, 2.45) is 0 Å². The van der Waals surface area contributed by atoms with Gasteiger partial charge in [-0.2, -0.15) is 0 Å². The van der Waals surface area contributed by atoms with Gasteiger partial charge >= 0.3 is 5.97 Å². The Morgan fingerprint density at radius 2 is 2.14 bits per heavy atom. The molecule has 0 aromatic heterocycles. The molecule has 1 N–H and O–H groups in total. The van der Waals surface area contributed by atoms with Crippen LogP contribution in [0.2, 0.25) is 0 Å². The molecule has 0 atom stereocenters. The van der Waals surface area contributed by atoms with Crippen molar-refractivity contribution in [1.29, 1.82) is 0 Å². The van der Waals surface area contributed by atoms with Gasteiger partial charge in [0, 0.05) is 17.3 Å². The van der Waals surface area contributed by atoms with Crippen LogP contribution in [0.15, 0.2) is 22.7 Å². The van der Waals surface area contributed by atoms with E-state index in [1.165, 1.54) is 0 Å². The highest BCUT2D eigenvalue weighted by atomic mass is 79.9. The number of anilines is 1. The van der Waals surface area contributed by atoms with E-state index in [0.717, 1.165) is 12.8 Å². The van der Waals surface area contributed by atoms with Crippen molar-refractivity contribution >= 4 is 33.5 Å². The van der Waals surface area contributed by atoms with Crippen LogP contribution in [0.1, 0.15) is 43.0 Å². The first kappa shape index (κ1) is 17.3. The smallest absolute Gasteiger partial charge is 0.338 e. The fraction of sp³-hybridized carbons (Fsp3) is 0.375. The summed E-state index contributed by atoms with van der Waals surface area (Å²) in [6.07, 6.45) is 7.86. The largest absolute Gasteiger partial charge is 0.462 e. The van der Waals surface area contributed by atoms with Gasteiger partial charge in [0.2, 0.25) is 5.91 Å². The predicted molar refractivity (Wildman–Crippen MR) is 86.0 cm³/mol. The van der Waals surface area contributed by atoms with Gasteiger partial charge in [-0.25, -0.2) is 4.79 Å². The van der Waals surface area contributed by atoms with Crippen LogP contribution in [0.5, 0.6) is 0 Å². The molecule has 0 unspecified atom stereocenters. The summed E-state index contributed by atoms with van der Waals surface area (Å²) in [5.41, 5.74) is 1.07. The molecule has 0 aliphatic carbocycles. The number of hydrogen-bond acceptors (Lipinski definition) is 3. The molecule has 0 radical (unpaired) electrons. The summed E-state index contributed by atoms with van der Waals surface area (Å²) in [5.74, 6) is 2.09. The molecule has 1 amide bonds. The molecule has 1 aromatic rings. The highest BCUT2D eigenvalue weighted by molar-refractivity contribution is 9.10. The van der Waals surface area contributed by atoms with Crippen molar-refractivity contribution in [1.82, 2.24) is 0 Å². The van der Waals surface area contributed by atoms with E-state index in [4.69, 9.17) is 11.2 Å². The zero-order valence-corrected chi connectivity index (χ0v) is 13.5. The Morgan fingerprint density at radius 3 is 2.76 bits per heavy atom. The second-order valence-corrected chi connectivity index (χ2v) is 5.23. The van der Waals surface area contributed by atoms with Crippen LogP contribution >= 0.6 is 15.9 Å². The van der Waals surface area contributed by atoms with Crippen LogP contribution in [-0.2, 0) is 9.53 Å². The lowest BCUT2D eigenvalue weighted by Gasteiger charge is -2.09. The first-order valence-electron chi connectivity index (χ1n) is 6.78. The number of carbonyl (C=O) groups is 2. The van der Waals surface area contributed by atoms with Crippen molar-refractivity contribution in [2.75, 3.05) is 11.9 Å². The fourth-order valence-electron chi connectivity index (χ4n) is 1.68. The van der Waals surface area contributed by atoms with Crippen molar-refractivity contribution < 1.29 is 14.3 Å². The molecule has 0 saturated heterocycles. The second kappa shape index (κ2) is 9.19. The van der Waals surface area contributed by atoms with Gasteiger partial charge in [0.1, 0.15) is 0 Å². The summed E-state index contributed by atoms with van der Waals surface area (Å²) in [7, 11) is 0. The maximum absolute atomic E-state index is 11.8. The Bertz CT molecular complexity index is 549. The highest BCUT2D eigenvalue weighted by Gasteiger charge is 2.10. The lowest BCUT2D eigenvalue weighted by molar-refractivity contribution is -0.116. The number of esters is 1. The van der Waals surface area contributed by atoms with E-state index in [-0.39, 0.29) is 11.9 Å². The Morgan fingerprint density at radius 1 is 1.38 bits per heavy atom. The molecular formula is C16H18BrNO3. The van der Waals surface area contributed by atoms with Crippen LogP contribution in [0, 0.1) is 12.3 Å². The molecule has 0 aliphatic rings. The monoisotopic (exact) mass is 351 g/mol. The molecule has 0 aliphatic heterocycles. The van der Waals surface area contributed by atoms with Crippen LogP contribution in [0.3, 0.4) is 0 Å². The van der Waals surface area contributed by atoms with Gasteiger partial charge < -0.3 is 10.1 Å². The number of hydrogen-bond donors (Lipinski definition) is 1. The van der Waals surface area contributed by atoms with Gasteiger partial charge in [-0.3, -0.25) is 4.79 Å². The topological polar surface area (TPSA) is 55.4 Å². The summed E-state index contributed by atoms with van der Waals surface area (Å²) in [4.78, 5) is 23.4. The normalized spacial score (nSPS) is 9.76. The van der Waals surface area contributed by atoms with Crippen LogP contribution < -0.4 is 5.32 Å². The second-order valence-electron chi connectivity index (χ2n) is 4.37.